The molecule has 3 heteroatoms. The Bertz CT molecular complexity index is 766. The molecule has 0 amide bonds. The molecule has 18 heavy (non-hydrogen) atoms. The maximum atomic E-state index is 5.43. The van der Waals surface area contributed by atoms with Gasteiger partial charge in [-0.05, 0) is 61.5 Å². The van der Waals surface area contributed by atoms with E-state index in [0.717, 1.165) is 21.5 Å². The number of rotatable bonds is 1. The molecule has 0 spiro atoms. The second kappa shape index (κ2) is 4.10. The summed E-state index contributed by atoms with van der Waals surface area (Å²) < 4.78 is 2.82. The average molecular weight is 254 g/mol. The number of nitrogens with zero attached hydrogens (tertiary/aromatic N) is 1. The molecular weight excluding hydrogens is 240 g/mol. The molecule has 0 radical (unpaired) electrons. The molecule has 2 nitrogen and oxygen atoms in total. The Morgan fingerprint density at radius 1 is 1.00 bits per heavy atom. The van der Waals surface area contributed by atoms with Gasteiger partial charge in [0, 0.05) is 5.69 Å². The number of hydrogen-bond donors (Lipinski definition) is 1. The highest BCUT2D eigenvalue weighted by Crippen LogP contribution is 2.22. The molecular formula is C15H14N2S. The average Bonchev–Trinajstić information content (AvgIpc) is 2.66. The number of H-pyrrole nitrogens is 1. The highest BCUT2D eigenvalue weighted by molar-refractivity contribution is 7.71. The van der Waals surface area contributed by atoms with Crippen LogP contribution in [0.3, 0.4) is 0 Å². The number of fused-ring (bicyclic) bond motifs is 1. The van der Waals surface area contributed by atoms with Crippen molar-refractivity contribution in [1.82, 2.24) is 9.55 Å². The lowest BCUT2D eigenvalue weighted by atomic mass is 10.1. The molecule has 90 valence electrons. The fourth-order valence-electron chi connectivity index (χ4n) is 2.20. The highest BCUT2D eigenvalue weighted by Gasteiger charge is 2.07. The molecule has 2 aromatic carbocycles. The predicted octanol–water partition coefficient (Wildman–Crippen LogP) is 4.30. The van der Waals surface area contributed by atoms with E-state index in [0.29, 0.717) is 0 Å². The van der Waals surface area contributed by atoms with Gasteiger partial charge >= 0.3 is 0 Å². The van der Waals surface area contributed by atoms with Gasteiger partial charge in [-0.2, -0.15) is 0 Å². The first kappa shape index (κ1) is 11.2. The molecule has 0 saturated heterocycles. The van der Waals surface area contributed by atoms with E-state index in [1.165, 1.54) is 11.1 Å². The van der Waals surface area contributed by atoms with Crippen LogP contribution in [0.2, 0.25) is 0 Å². The lowest BCUT2D eigenvalue weighted by Crippen LogP contribution is -1.93. The molecule has 0 atom stereocenters. The standard InChI is InChI=1S/C15H14N2S/c1-10-8-13-14(9-11(10)2)17(15(18)16-13)12-6-4-3-5-7-12/h3-9H,1-2H3,(H,16,18). The fourth-order valence-corrected chi connectivity index (χ4v) is 2.51. The molecule has 0 aliphatic heterocycles. The minimum Gasteiger partial charge on any atom is -0.330 e. The lowest BCUT2D eigenvalue weighted by Gasteiger charge is -2.05. The first-order chi connectivity index (χ1) is 8.66. The minimum absolute atomic E-state index is 0.737. The summed E-state index contributed by atoms with van der Waals surface area (Å²) >= 11 is 5.43. The topological polar surface area (TPSA) is 20.7 Å². The molecule has 0 fully saturated rings. The number of para-hydroxylation sites is 1. The van der Waals surface area contributed by atoms with E-state index in [4.69, 9.17) is 12.2 Å². The molecule has 0 aliphatic carbocycles. The summed E-state index contributed by atoms with van der Waals surface area (Å²) in [6.45, 7) is 4.24. The van der Waals surface area contributed by atoms with Crippen molar-refractivity contribution < 1.29 is 0 Å². The van der Waals surface area contributed by atoms with Gasteiger partial charge in [-0.1, -0.05) is 18.2 Å². The minimum atomic E-state index is 0.737. The number of aromatic nitrogens is 2. The molecule has 0 unspecified atom stereocenters. The van der Waals surface area contributed by atoms with Crippen LogP contribution in [0.1, 0.15) is 11.1 Å². The lowest BCUT2D eigenvalue weighted by molar-refractivity contribution is 1.06. The molecule has 0 bridgehead atoms. The van der Waals surface area contributed by atoms with Crippen LogP contribution in [0.25, 0.3) is 16.7 Å². The normalized spacial score (nSPS) is 11.0. The Hall–Kier alpha value is -1.87. The third-order valence-electron chi connectivity index (χ3n) is 3.31. The van der Waals surface area contributed by atoms with Crippen LogP contribution in [-0.2, 0) is 0 Å². The van der Waals surface area contributed by atoms with Crippen molar-refractivity contribution in [1.29, 1.82) is 0 Å². The molecule has 3 rings (SSSR count). The van der Waals surface area contributed by atoms with Crippen molar-refractivity contribution >= 4 is 23.3 Å². The number of aryl methyl sites for hydroxylation is 2. The van der Waals surface area contributed by atoms with Crippen LogP contribution in [-0.4, -0.2) is 9.55 Å². The molecule has 1 N–H and O–H groups in total. The monoisotopic (exact) mass is 254 g/mol. The number of hydrogen-bond acceptors (Lipinski definition) is 1. The summed E-state index contributed by atoms with van der Waals surface area (Å²) in [5.41, 5.74) is 5.87. The van der Waals surface area contributed by atoms with Crippen molar-refractivity contribution in [3.05, 3.63) is 58.4 Å². The zero-order valence-electron chi connectivity index (χ0n) is 10.4. The van der Waals surface area contributed by atoms with E-state index in [-0.39, 0.29) is 0 Å². The van der Waals surface area contributed by atoms with Crippen molar-refractivity contribution in [2.75, 3.05) is 0 Å². The van der Waals surface area contributed by atoms with Gasteiger partial charge in [0.15, 0.2) is 4.77 Å². The van der Waals surface area contributed by atoms with E-state index in [9.17, 15) is 0 Å². The number of nitrogens with one attached hydrogen (secondary N) is 1. The van der Waals surface area contributed by atoms with Crippen LogP contribution < -0.4 is 0 Å². The predicted molar refractivity (Wildman–Crippen MR) is 77.9 cm³/mol. The van der Waals surface area contributed by atoms with Gasteiger partial charge < -0.3 is 4.98 Å². The largest absolute Gasteiger partial charge is 0.330 e. The molecule has 0 aliphatic rings. The van der Waals surface area contributed by atoms with Gasteiger partial charge in [0.05, 0.1) is 11.0 Å². The Kier molecular flexibility index (Phi) is 2.56. The van der Waals surface area contributed by atoms with Gasteiger partial charge in [0.2, 0.25) is 0 Å². The van der Waals surface area contributed by atoms with E-state index < -0.39 is 0 Å². The Balaban J connectivity index is 2.40. The third kappa shape index (κ3) is 1.68. The fraction of sp³-hybridized carbons (Fsp3) is 0.133. The van der Waals surface area contributed by atoms with Crippen LogP contribution in [0.15, 0.2) is 42.5 Å². The van der Waals surface area contributed by atoms with Gasteiger partial charge in [0.25, 0.3) is 0 Å². The van der Waals surface area contributed by atoms with Gasteiger partial charge in [0.1, 0.15) is 0 Å². The van der Waals surface area contributed by atoms with E-state index in [2.05, 4.69) is 47.7 Å². The second-order valence-electron chi connectivity index (χ2n) is 4.55. The summed E-state index contributed by atoms with van der Waals surface area (Å²) in [5, 5.41) is 0. The molecule has 1 heterocycles. The van der Waals surface area contributed by atoms with Crippen LogP contribution in [0, 0.1) is 18.6 Å². The number of aromatic amines is 1. The van der Waals surface area contributed by atoms with Crippen molar-refractivity contribution in [3.63, 3.8) is 0 Å². The quantitative estimate of drug-likeness (QED) is 0.642. The highest BCUT2D eigenvalue weighted by atomic mass is 32.1. The zero-order chi connectivity index (χ0) is 12.7. The Morgan fingerprint density at radius 3 is 2.39 bits per heavy atom. The summed E-state index contributed by atoms with van der Waals surface area (Å²) in [6.07, 6.45) is 0. The van der Waals surface area contributed by atoms with Gasteiger partial charge in [-0.3, -0.25) is 4.57 Å². The van der Waals surface area contributed by atoms with E-state index >= 15 is 0 Å². The number of imidazole rings is 1. The maximum Gasteiger partial charge on any atom is 0.182 e. The zero-order valence-corrected chi connectivity index (χ0v) is 11.2. The van der Waals surface area contributed by atoms with Gasteiger partial charge in [-0.25, -0.2) is 0 Å². The second-order valence-corrected chi connectivity index (χ2v) is 4.94. The maximum absolute atomic E-state index is 5.43. The van der Waals surface area contributed by atoms with Crippen LogP contribution >= 0.6 is 12.2 Å². The Labute approximate surface area is 111 Å². The smallest absolute Gasteiger partial charge is 0.182 e. The molecule has 3 aromatic rings. The summed E-state index contributed by atoms with van der Waals surface area (Å²) in [7, 11) is 0. The van der Waals surface area contributed by atoms with Crippen molar-refractivity contribution in [2.24, 2.45) is 0 Å². The molecule has 1 aromatic heterocycles. The first-order valence-electron chi connectivity index (χ1n) is 5.94. The van der Waals surface area contributed by atoms with E-state index in [1.54, 1.807) is 0 Å². The third-order valence-corrected chi connectivity index (χ3v) is 3.60. The van der Waals surface area contributed by atoms with Crippen LogP contribution in [0.5, 0.6) is 0 Å². The number of benzene rings is 2. The van der Waals surface area contributed by atoms with Crippen LogP contribution in [0.4, 0.5) is 0 Å². The summed E-state index contributed by atoms with van der Waals surface area (Å²) in [4.78, 5) is 3.27. The van der Waals surface area contributed by atoms with Gasteiger partial charge in [-0.15, -0.1) is 0 Å². The van der Waals surface area contributed by atoms with E-state index in [1.807, 2.05) is 18.2 Å². The molecule has 0 saturated carbocycles. The van der Waals surface area contributed by atoms with Crippen molar-refractivity contribution in [3.8, 4) is 5.69 Å². The summed E-state index contributed by atoms with van der Waals surface area (Å²) in [5.74, 6) is 0. The van der Waals surface area contributed by atoms with Crippen molar-refractivity contribution in [2.45, 2.75) is 13.8 Å². The Morgan fingerprint density at radius 2 is 1.67 bits per heavy atom. The first-order valence-corrected chi connectivity index (χ1v) is 6.35. The SMILES string of the molecule is Cc1cc2[nH]c(=S)n(-c3ccccc3)c2cc1C. The summed E-state index contributed by atoms with van der Waals surface area (Å²) in [6, 6.07) is 14.5.